The first kappa shape index (κ1) is 13.0. The quantitative estimate of drug-likeness (QED) is 0.823. The van der Waals surface area contributed by atoms with Crippen molar-refractivity contribution in [2.24, 2.45) is 0 Å². The van der Waals surface area contributed by atoms with E-state index in [1.807, 2.05) is 24.3 Å². The zero-order chi connectivity index (χ0) is 13.1. The highest BCUT2D eigenvalue weighted by molar-refractivity contribution is 9.10. The van der Waals surface area contributed by atoms with E-state index in [-0.39, 0.29) is 12.2 Å². The van der Waals surface area contributed by atoms with Crippen molar-refractivity contribution in [3.8, 4) is 0 Å². The molecule has 0 saturated carbocycles. The van der Waals surface area contributed by atoms with E-state index < -0.39 is 17.5 Å². The van der Waals surface area contributed by atoms with Crippen molar-refractivity contribution in [1.82, 2.24) is 0 Å². The summed E-state index contributed by atoms with van der Waals surface area (Å²) in [5.41, 5.74) is 0.681. The van der Waals surface area contributed by atoms with Crippen molar-refractivity contribution in [3.63, 3.8) is 0 Å². The second kappa shape index (κ2) is 5.44. The molecule has 1 N–H and O–H groups in total. The van der Waals surface area contributed by atoms with Crippen LogP contribution in [0.5, 0.6) is 0 Å². The number of hydrogen-bond acceptors (Lipinski definition) is 1. The molecule has 0 aliphatic carbocycles. The lowest BCUT2D eigenvalue weighted by Crippen LogP contribution is -2.03. The Kier molecular flexibility index (Phi) is 3.91. The van der Waals surface area contributed by atoms with Gasteiger partial charge in [-0.3, -0.25) is 0 Å². The van der Waals surface area contributed by atoms with Gasteiger partial charge >= 0.3 is 0 Å². The van der Waals surface area contributed by atoms with Crippen LogP contribution in [0.25, 0.3) is 0 Å². The normalized spacial score (nSPS) is 10.4. The van der Waals surface area contributed by atoms with Gasteiger partial charge in [0.05, 0.1) is 5.69 Å². The molecule has 0 saturated heterocycles. The summed E-state index contributed by atoms with van der Waals surface area (Å²) in [6.45, 7) is 0.277. The lowest BCUT2D eigenvalue weighted by atomic mass is 10.2. The van der Waals surface area contributed by atoms with E-state index in [0.29, 0.717) is 6.07 Å². The molecule has 0 unspecified atom stereocenters. The Bertz CT molecular complexity index is 572. The predicted octanol–water partition coefficient (Wildman–Crippen LogP) is 4.48. The molecule has 2 rings (SSSR count). The van der Waals surface area contributed by atoms with Gasteiger partial charge in [-0.25, -0.2) is 13.2 Å². The molecule has 0 aromatic heterocycles. The SMILES string of the molecule is Fc1cc(F)c(F)c(NCc2cccc(Br)c2)c1. The third-order valence-corrected chi connectivity index (χ3v) is 2.86. The Morgan fingerprint density at radius 1 is 1.06 bits per heavy atom. The maximum atomic E-state index is 13.4. The smallest absolute Gasteiger partial charge is 0.182 e. The van der Waals surface area contributed by atoms with E-state index in [2.05, 4.69) is 21.2 Å². The highest BCUT2D eigenvalue weighted by Crippen LogP contribution is 2.20. The topological polar surface area (TPSA) is 12.0 Å². The standard InChI is InChI=1S/C13H9BrF3N/c14-9-3-1-2-8(4-9)7-18-12-6-10(15)5-11(16)13(12)17/h1-6,18H,7H2. The molecular formula is C13H9BrF3N. The van der Waals surface area contributed by atoms with Gasteiger partial charge in [0.15, 0.2) is 11.6 Å². The molecule has 0 radical (unpaired) electrons. The summed E-state index contributed by atoms with van der Waals surface area (Å²) < 4.78 is 40.1. The van der Waals surface area contributed by atoms with Crippen molar-refractivity contribution in [2.75, 3.05) is 5.32 Å². The Morgan fingerprint density at radius 2 is 1.83 bits per heavy atom. The molecular weight excluding hydrogens is 307 g/mol. The van der Waals surface area contributed by atoms with Crippen molar-refractivity contribution in [3.05, 3.63) is 63.9 Å². The van der Waals surface area contributed by atoms with Gasteiger partial charge in [0.1, 0.15) is 5.82 Å². The molecule has 0 amide bonds. The molecule has 94 valence electrons. The Hall–Kier alpha value is -1.49. The minimum absolute atomic E-state index is 0.188. The minimum Gasteiger partial charge on any atom is -0.378 e. The molecule has 1 nitrogen and oxygen atoms in total. The van der Waals surface area contributed by atoms with Crippen LogP contribution in [-0.2, 0) is 6.54 Å². The van der Waals surface area contributed by atoms with Crippen LogP contribution in [0.15, 0.2) is 40.9 Å². The first-order valence-corrected chi connectivity index (χ1v) is 5.98. The first-order valence-electron chi connectivity index (χ1n) is 5.19. The molecule has 0 bridgehead atoms. The van der Waals surface area contributed by atoms with Crippen molar-refractivity contribution in [2.45, 2.75) is 6.54 Å². The number of rotatable bonds is 3. The largest absolute Gasteiger partial charge is 0.378 e. The van der Waals surface area contributed by atoms with Crippen molar-refractivity contribution in [1.29, 1.82) is 0 Å². The van der Waals surface area contributed by atoms with E-state index in [1.54, 1.807) is 0 Å². The van der Waals surface area contributed by atoms with Crippen LogP contribution in [-0.4, -0.2) is 0 Å². The zero-order valence-corrected chi connectivity index (χ0v) is 10.8. The fraction of sp³-hybridized carbons (Fsp3) is 0.0769. The predicted molar refractivity (Wildman–Crippen MR) is 67.8 cm³/mol. The van der Waals surface area contributed by atoms with Gasteiger partial charge in [-0.15, -0.1) is 0 Å². The molecule has 2 aromatic rings. The maximum absolute atomic E-state index is 13.4. The fourth-order valence-corrected chi connectivity index (χ4v) is 1.98. The van der Waals surface area contributed by atoms with Gasteiger partial charge in [-0.1, -0.05) is 28.1 Å². The second-order valence-electron chi connectivity index (χ2n) is 3.73. The van der Waals surface area contributed by atoms with Crippen LogP contribution in [0.3, 0.4) is 0 Å². The summed E-state index contributed by atoms with van der Waals surface area (Å²) in [7, 11) is 0. The molecule has 0 atom stereocenters. The highest BCUT2D eigenvalue weighted by Gasteiger charge is 2.10. The summed E-state index contributed by atoms with van der Waals surface area (Å²) in [5, 5.41) is 2.66. The zero-order valence-electron chi connectivity index (χ0n) is 9.18. The summed E-state index contributed by atoms with van der Waals surface area (Å²) in [6, 6.07) is 8.78. The lowest BCUT2D eigenvalue weighted by molar-refractivity contribution is 0.497. The number of nitrogens with one attached hydrogen (secondary N) is 1. The Balaban J connectivity index is 2.15. The maximum Gasteiger partial charge on any atom is 0.182 e. The van der Waals surface area contributed by atoms with Crippen LogP contribution < -0.4 is 5.32 Å². The van der Waals surface area contributed by atoms with Crippen molar-refractivity contribution < 1.29 is 13.2 Å². The molecule has 0 heterocycles. The highest BCUT2D eigenvalue weighted by atomic mass is 79.9. The molecule has 0 aliphatic heterocycles. The summed E-state index contributed by atoms with van der Waals surface area (Å²) in [4.78, 5) is 0. The van der Waals surface area contributed by atoms with Gasteiger partial charge in [0, 0.05) is 23.2 Å². The van der Waals surface area contributed by atoms with Crippen molar-refractivity contribution >= 4 is 21.6 Å². The third-order valence-electron chi connectivity index (χ3n) is 2.36. The minimum atomic E-state index is -1.20. The molecule has 0 aliphatic rings. The Labute approximate surface area is 111 Å². The van der Waals surface area contributed by atoms with Crippen LogP contribution >= 0.6 is 15.9 Å². The number of benzene rings is 2. The Morgan fingerprint density at radius 3 is 2.56 bits per heavy atom. The number of halogens is 4. The van der Waals surface area contributed by atoms with E-state index in [0.717, 1.165) is 16.1 Å². The molecule has 5 heteroatoms. The monoisotopic (exact) mass is 315 g/mol. The van der Waals surface area contributed by atoms with E-state index in [4.69, 9.17) is 0 Å². The summed E-state index contributed by atoms with van der Waals surface area (Å²) in [5.74, 6) is -3.09. The van der Waals surface area contributed by atoms with Gasteiger partial charge < -0.3 is 5.32 Å². The van der Waals surface area contributed by atoms with Gasteiger partial charge in [-0.05, 0) is 17.7 Å². The van der Waals surface area contributed by atoms with E-state index >= 15 is 0 Å². The lowest BCUT2D eigenvalue weighted by Gasteiger charge is -2.08. The fourth-order valence-electron chi connectivity index (χ4n) is 1.53. The van der Waals surface area contributed by atoms with E-state index in [9.17, 15) is 13.2 Å². The molecule has 0 spiro atoms. The average molecular weight is 316 g/mol. The van der Waals surface area contributed by atoms with Crippen LogP contribution in [0.1, 0.15) is 5.56 Å². The molecule has 0 fully saturated rings. The summed E-state index contributed by atoms with van der Waals surface area (Å²) in [6.07, 6.45) is 0. The number of anilines is 1. The van der Waals surface area contributed by atoms with Crippen LogP contribution in [0.4, 0.5) is 18.9 Å². The summed E-state index contributed by atoms with van der Waals surface area (Å²) >= 11 is 3.30. The third kappa shape index (κ3) is 3.04. The van der Waals surface area contributed by atoms with Crippen LogP contribution in [0.2, 0.25) is 0 Å². The molecule has 2 aromatic carbocycles. The van der Waals surface area contributed by atoms with Gasteiger partial charge in [-0.2, -0.15) is 0 Å². The van der Waals surface area contributed by atoms with Gasteiger partial charge in [0.2, 0.25) is 0 Å². The second-order valence-corrected chi connectivity index (χ2v) is 4.65. The van der Waals surface area contributed by atoms with Crippen LogP contribution in [0, 0.1) is 17.5 Å². The van der Waals surface area contributed by atoms with Gasteiger partial charge in [0.25, 0.3) is 0 Å². The first-order chi connectivity index (χ1) is 8.56. The van der Waals surface area contributed by atoms with E-state index in [1.165, 1.54) is 0 Å². The average Bonchev–Trinajstić information content (AvgIpc) is 2.32. The number of hydrogen-bond donors (Lipinski definition) is 1. The molecule has 18 heavy (non-hydrogen) atoms.